The highest BCUT2D eigenvalue weighted by molar-refractivity contribution is 7.17. The molecule has 1 fully saturated rings. The molecule has 2 aliphatic heterocycles. The number of H-pyrrole nitrogens is 2. The molecule has 3 aromatic carbocycles. The molecule has 8 rings (SSSR count). The fourth-order valence-electron chi connectivity index (χ4n) is 7.03. The molecule has 1 atom stereocenters. The lowest BCUT2D eigenvalue weighted by Gasteiger charge is -2.31. The third-order valence-electron chi connectivity index (χ3n) is 9.74. The van der Waals surface area contributed by atoms with Gasteiger partial charge in [-0.3, -0.25) is 9.59 Å². The zero-order chi connectivity index (χ0) is 34.7. The van der Waals surface area contributed by atoms with Crippen molar-refractivity contribution in [1.82, 2.24) is 19.8 Å². The van der Waals surface area contributed by atoms with E-state index in [-0.39, 0.29) is 23.5 Å². The first-order valence-corrected chi connectivity index (χ1v) is 18.0. The summed E-state index contributed by atoms with van der Waals surface area (Å²) in [5.74, 6) is 0.245. The van der Waals surface area contributed by atoms with Crippen LogP contribution in [0.1, 0.15) is 44.9 Å². The van der Waals surface area contributed by atoms with Crippen LogP contribution in [-0.2, 0) is 6.42 Å². The minimum atomic E-state index is -0.391. The Bertz CT molecular complexity index is 2320. The average Bonchev–Trinajstić information content (AvgIpc) is 3.91. The molecule has 0 radical (unpaired) electrons. The molecule has 0 saturated carbocycles. The first-order valence-electron chi connectivity index (χ1n) is 16.6. The Balaban J connectivity index is 1.09. The van der Waals surface area contributed by atoms with Gasteiger partial charge >= 0.3 is 6.09 Å². The van der Waals surface area contributed by atoms with Gasteiger partial charge in [-0.15, -0.1) is 22.9 Å². The van der Waals surface area contributed by atoms with E-state index in [0.717, 1.165) is 62.5 Å². The van der Waals surface area contributed by atoms with Crippen LogP contribution in [0.15, 0.2) is 60.0 Å². The van der Waals surface area contributed by atoms with Gasteiger partial charge in [-0.2, -0.15) is 0 Å². The Morgan fingerprint density at radius 2 is 1.70 bits per heavy atom. The van der Waals surface area contributed by atoms with Crippen LogP contribution < -0.4 is 15.0 Å². The number of amides is 3. The third kappa shape index (κ3) is 5.62. The van der Waals surface area contributed by atoms with Crippen molar-refractivity contribution < 1.29 is 24.2 Å². The van der Waals surface area contributed by atoms with Crippen LogP contribution in [0.3, 0.4) is 0 Å². The molecule has 4 N–H and O–H groups in total. The molecular weight excluding hydrogens is 676 g/mol. The fraction of sp³-hybridized carbons (Fsp3) is 0.270. The predicted octanol–water partition coefficient (Wildman–Crippen LogP) is 7.11. The number of alkyl halides is 1. The van der Waals surface area contributed by atoms with Crippen molar-refractivity contribution in [3.05, 3.63) is 82.5 Å². The number of thiophene rings is 1. The lowest BCUT2D eigenvalue weighted by atomic mass is 9.96. The number of aromatic nitrogens is 2. The highest BCUT2D eigenvalue weighted by atomic mass is 35.5. The molecular formula is C37H35ClN6O5S. The number of anilines is 2. The van der Waals surface area contributed by atoms with E-state index in [9.17, 15) is 19.5 Å². The third-order valence-corrected chi connectivity index (χ3v) is 11.2. The van der Waals surface area contributed by atoms with Crippen molar-refractivity contribution in [2.24, 2.45) is 0 Å². The largest absolute Gasteiger partial charge is 0.508 e. The van der Waals surface area contributed by atoms with Gasteiger partial charge in [0.15, 0.2) is 5.75 Å². The topological polar surface area (TPSA) is 134 Å². The summed E-state index contributed by atoms with van der Waals surface area (Å²) in [6, 6.07) is 15.6. The summed E-state index contributed by atoms with van der Waals surface area (Å²) in [5.41, 5.74) is 5.62. The van der Waals surface area contributed by atoms with E-state index < -0.39 is 6.09 Å². The normalized spacial score (nSPS) is 16.4. The van der Waals surface area contributed by atoms with Crippen molar-refractivity contribution in [2.75, 3.05) is 55.9 Å². The van der Waals surface area contributed by atoms with Crippen LogP contribution in [0, 0.1) is 0 Å². The predicted molar refractivity (Wildman–Crippen MR) is 198 cm³/mol. The van der Waals surface area contributed by atoms with E-state index in [1.54, 1.807) is 57.5 Å². The first-order chi connectivity index (χ1) is 24.2. The maximum atomic E-state index is 14.3. The van der Waals surface area contributed by atoms with Gasteiger partial charge in [0.05, 0.1) is 10.4 Å². The molecule has 1 saturated heterocycles. The number of aromatic hydroxyl groups is 1. The number of hydrogen-bond acceptors (Lipinski definition) is 7. The lowest BCUT2D eigenvalue weighted by molar-refractivity contribution is 0.0982. The highest BCUT2D eigenvalue weighted by Crippen LogP contribution is 2.49. The van der Waals surface area contributed by atoms with E-state index in [1.807, 2.05) is 25.2 Å². The highest BCUT2D eigenvalue weighted by Gasteiger charge is 2.37. The summed E-state index contributed by atoms with van der Waals surface area (Å²) in [6.45, 7) is 5.22. The number of phenols is 1. The maximum Gasteiger partial charge on any atom is 0.415 e. The summed E-state index contributed by atoms with van der Waals surface area (Å²) in [6.07, 6.45) is 0.397. The molecule has 0 bridgehead atoms. The second kappa shape index (κ2) is 12.7. The number of likely N-dealkylation sites (N-methyl/N-ethyl adjacent to an activating group) is 1. The van der Waals surface area contributed by atoms with Crippen LogP contribution in [0.4, 0.5) is 16.2 Å². The van der Waals surface area contributed by atoms with Crippen molar-refractivity contribution in [3.8, 4) is 11.5 Å². The molecule has 50 heavy (non-hydrogen) atoms. The zero-order valence-electron chi connectivity index (χ0n) is 27.5. The van der Waals surface area contributed by atoms with Crippen molar-refractivity contribution in [1.29, 1.82) is 0 Å². The van der Waals surface area contributed by atoms with Crippen LogP contribution >= 0.6 is 22.9 Å². The summed E-state index contributed by atoms with van der Waals surface area (Å²) in [5, 5.41) is 17.3. The first kappa shape index (κ1) is 32.2. The van der Waals surface area contributed by atoms with Gasteiger partial charge in [-0.05, 0) is 78.5 Å². The number of piperazine rings is 1. The molecule has 6 aromatic rings. The Kier molecular flexibility index (Phi) is 8.17. The Morgan fingerprint density at radius 1 is 0.980 bits per heavy atom. The van der Waals surface area contributed by atoms with Gasteiger partial charge < -0.3 is 39.8 Å². The number of ether oxygens (including phenoxy) is 1. The number of carbonyl (C=O) groups excluding carboxylic acids is 3. The summed E-state index contributed by atoms with van der Waals surface area (Å²) in [4.78, 5) is 52.6. The van der Waals surface area contributed by atoms with Gasteiger partial charge in [0.2, 0.25) is 0 Å². The molecule has 5 heterocycles. The molecule has 0 spiro atoms. The van der Waals surface area contributed by atoms with E-state index in [4.69, 9.17) is 16.3 Å². The number of benzene rings is 3. The monoisotopic (exact) mass is 710 g/mol. The smallest absolute Gasteiger partial charge is 0.415 e. The van der Waals surface area contributed by atoms with Crippen LogP contribution in [0.5, 0.6) is 11.5 Å². The number of hydrogen-bond donors (Lipinski definition) is 4. The number of phenolic OH excluding ortho intramolecular Hbond substituents is 1. The summed E-state index contributed by atoms with van der Waals surface area (Å²) in [7, 11) is 2.04. The van der Waals surface area contributed by atoms with Crippen LogP contribution in [0.25, 0.3) is 31.9 Å². The number of halogens is 1. The number of fused-ring (bicyclic) bond motifs is 5. The van der Waals surface area contributed by atoms with Gasteiger partial charge in [0.1, 0.15) is 17.1 Å². The van der Waals surface area contributed by atoms with Gasteiger partial charge in [-0.1, -0.05) is 6.92 Å². The Labute approximate surface area is 296 Å². The summed E-state index contributed by atoms with van der Waals surface area (Å²) >= 11 is 8.11. The van der Waals surface area contributed by atoms with Crippen LogP contribution in [0.2, 0.25) is 0 Å². The second-order valence-corrected chi connectivity index (χ2v) is 14.1. The molecule has 13 heteroatoms. The van der Waals surface area contributed by atoms with Crippen molar-refractivity contribution in [3.63, 3.8) is 0 Å². The number of nitrogens with one attached hydrogen (secondary N) is 3. The van der Waals surface area contributed by atoms with E-state index in [1.165, 1.54) is 0 Å². The van der Waals surface area contributed by atoms with Crippen molar-refractivity contribution in [2.45, 2.75) is 19.3 Å². The number of carbonyl (C=O) groups is 3. The lowest BCUT2D eigenvalue weighted by Crippen LogP contribution is -2.48. The minimum absolute atomic E-state index is 0.0970. The van der Waals surface area contributed by atoms with Crippen LogP contribution in [-0.4, -0.2) is 88.4 Å². The molecule has 2 aliphatic rings. The SMILES string of the molecule is CCc1csc2c(OC(=O)N3CCN(C)CC3)cc3c(c12)C(CCl)CN3C(=O)c1cc2cc(NC(=O)c3cc4cc(O)ccc4[nH]3)ccc2[nH]1. The average molecular weight is 711 g/mol. The number of rotatable bonds is 6. The van der Waals surface area contributed by atoms with E-state index >= 15 is 0 Å². The van der Waals surface area contributed by atoms with E-state index in [2.05, 4.69) is 32.5 Å². The van der Waals surface area contributed by atoms with Gasteiger partial charge in [0.25, 0.3) is 11.8 Å². The molecule has 3 aromatic heterocycles. The minimum Gasteiger partial charge on any atom is -0.508 e. The maximum absolute atomic E-state index is 14.3. The Hall–Kier alpha value is -5.04. The molecule has 256 valence electrons. The molecule has 0 aliphatic carbocycles. The molecule has 1 unspecified atom stereocenters. The quantitative estimate of drug-likeness (QED) is 0.136. The second-order valence-electron chi connectivity index (χ2n) is 12.9. The zero-order valence-corrected chi connectivity index (χ0v) is 29.1. The number of aromatic amines is 2. The fourth-order valence-corrected chi connectivity index (χ4v) is 8.40. The Morgan fingerprint density at radius 3 is 2.46 bits per heavy atom. The summed E-state index contributed by atoms with van der Waals surface area (Å²) < 4.78 is 6.97. The van der Waals surface area contributed by atoms with E-state index in [0.29, 0.717) is 54.0 Å². The standard InChI is InChI=1S/C37H35ClN6O5S/c1-3-20-19-50-34-31(49-37(48)43-10-8-42(2)9-11-43)16-30-32(33(20)34)23(17-38)18-44(30)36(47)29-15-21-12-24(4-6-26(21)41-29)39-35(46)28-14-22-13-25(45)5-7-27(22)40-28/h4-7,12-16,19,23,40-41,45H,3,8-11,17-18H2,1-2H3,(H,39,46). The molecule has 3 amide bonds. The number of aryl methyl sites for hydroxylation is 1. The van der Waals surface area contributed by atoms with Crippen molar-refractivity contribution >= 4 is 84.1 Å². The van der Waals surface area contributed by atoms with Gasteiger partial charge in [-0.25, -0.2) is 4.79 Å². The molecule has 11 nitrogen and oxygen atoms in total. The van der Waals surface area contributed by atoms with Gasteiger partial charge in [0, 0.05) is 83.5 Å². The number of nitrogens with zero attached hydrogens (tertiary/aromatic N) is 3.